The minimum Gasteiger partial charge on any atom is -0.481 e. The highest BCUT2D eigenvalue weighted by Gasteiger charge is 2.69. The summed E-state index contributed by atoms with van der Waals surface area (Å²) in [7, 11) is 0. The van der Waals surface area contributed by atoms with Crippen molar-refractivity contribution in [2.45, 2.75) is 317 Å². The third kappa shape index (κ3) is 31.8. The van der Waals surface area contributed by atoms with Gasteiger partial charge in [0.2, 0.25) is 5.60 Å². The fraction of sp³-hybridized carbons (Fsp3) is 0.932. The SMILES string of the molecule is CC(=O)C(C(=O)O)C(OCCCCCCCCCCCCCCC(C)C)(C(=O)O)C(CCCCCCCCCCCCCCC(C)C)(CCCCCCCCCCCCCCC(C)C)C(=O)O. The van der Waals surface area contributed by atoms with E-state index in [2.05, 4.69) is 41.5 Å². The number of hydrogen-bond donors (Lipinski definition) is 3. The summed E-state index contributed by atoms with van der Waals surface area (Å²) in [5, 5.41) is 32.9. The molecule has 0 aliphatic heterocycles. The number of unbranched alkanes of at least 4 members (excludes halogenated alkanes) is 33. The summed E-state index contributed by atoms with van der Waals surface area (Å²) >= 11 is 0. The number of carboxylic acid groups (broad SMARTS) is 3. The topological polar surface area (TPSA) is 138 Å². The minimum atomic E-state index is -2.73. The van der Waals surface area contributed by atoms with Crippen LogP contribution >= 0.6 is 0 Å². The van der Waals surface area contributed by atoms with Gasteiger partial charge in [0, 0.05) is 6.61 Å². The van der Waals surface area contributed by atoms with E-state index in [-0.39, 0.29) is 19.4 Å². The molecule has 0 saturated carbocycles. The molecule has 0 bridgehead atoms. The molecule has 0 radical (unpaired) electrons. The normalized spacial score (nSPS) is 13.5. The van der Waals surface area contributed by atoms with Gasteiger partial charge >= 0.3 is 17.9 Å². The summed E-state index contributed by atoms with van der Waals surface area (Å²) < 4.78 is 6.28. The molecule has 0 aliphatic rings. The number of ketones is 1. The van der Waals surface area contributed by atoms with Crippen LogP contribution in [-0.2, 0) is 23.9 Å². The van der Waals surface area contributed by atoms with E-state index in [0.29, 0.717) is 32.1 Å². The van der Waals surface area contributed by atoms with Gasteiger partial charge in [-0.15, -0.1) is 0 Å². The molecular weight excluding hydrogens is 837 g/mol. The van der Waals surface area contributed by atoms with Crippen molar-refractivity contribution in [3.8, 4) is 0 Å². The third-order valence-electron chi connectivity index (χ3n) is 14.8. The van der Waals surface area contributed by atoms with Gasteiger partial charge in [0.25, 0.3) is 0 Å². The molecule has 67 heavy (non-hydrogen) atoms. The van der Waals surface area contributed by atoms with Gasteiger partial charge in [-0.2, -0.15) is 0 Å². The largest absolute Gasteiger partial charge is 0.481 e. The molecule has 3 N–H and O–H groups in total. The first-order valence-corrected chi connectivity index (χ1v) is 29.0. The van der Waals surface area contributed by atoms with Crippen molar-refractivity contribution < 1.29 is 39.2 Å². The lowest BCUT2D eigenvalue weighted by Gasteiger charge is -2.47. The first kappa shape index (κ1) is 65.0. The summed E-state index contributed by atoms with van der Waals surface area (Å²) in [6.07, 6.45) is 43.4. The van der Waals surface area contributed by atoms with Crippen LogP contribution in [0, 0.1) is 29.1 Å². The highest BCUT2D eigenvalue weighted by atomic mass is 16.5. The van der Waals surface area contributed by atoms with E-state index in [0.717, 1.165) is 88.9 Å². The smallest absolute Gasteiger partial charge is 0.338 e. The van der Waals surface area contributed by atoms with E-state index < -0.39 is 40.6 Å². The maximum absolute atomic E-state index is 13.8. The number of carbonyl (C=O) groups excluding carboxylic acids is 1. The predicted molar refractivity (Wildman–Crippen MR) is 282 cm³/mol. The Morgan fingerprint density at radius 3 is 0.806 bits per heavy atom. The molecule has 0 aromatic heterocycles. The quantitative estimate of drug-likeness (QED) is 0.0405. The Hall–Kier alpha value is -1.96. The van der Waals surface area contributed by atoms with Crippen molar-refractivity contribution in [2.75, 3.05) is 6.61 Å². The van der Waals surface area contributed by atoms with Crippen LogP contribution in [0.4, 0.5) is 0 Å². The molecule has 0 saturated heterocycles. The van der Waals surface area contributed by atoms with Gasteiger partial charge in [-0.25, -0.2) is 4.79 Å². The van der Waals surface area contributed by atoms with Gasteiger partial charge in [0.15, 0.2) is 5.92 Å². The molecule has 0 rings (SSSR count). The summed E-state index contributed by atoms with van der Waals surface area (Å²) in [6, 6.07) is 0. The van der Waals surface area contributed by atoms with Gasteiger partial charge in [-0.1, -0.05) is 286 Å². The van der Waals surface area contributed by atoms with Crippen LogP contribution in [-0.4, -0.2) is 51.2 Å². The zero-order chi connectivity index (χ0) is 50.0. The summed E-state index contributed by atoms with van der Waals surface area (Å²) in [4.78, 5) is 53.8. The predicted octanol–water partition coefficient (Wildman–Crippen LogP) is 18.1. The average molecular weight is 950 g/mol. The van der Waals surface area contributed by atoms with Crippen LogP contribution in [0.1, 0.15) is 312 Å². The van der Waals surface area contributed by atoms with Crippen molar-refractivity contribution in [1.29, 1.82) is 0 Å². The van der Waals surface area contributed by atoms with Crippen LogP contribution in [0.25, 0.3) is 0 Å². The number of Topliss-reactive ketones (excluding diaryl/α,β-unsaturated/α-hetero) is 1. The number of rotatable bonds is 52. The first-order chi connectivity index (χ1) is 32.2. The van der Waals surface area contributed by atoms with Crippen molar-refractivity contribution in [3.05, 3.63) is 0 Å². The Balaban J connectivity index is 5.62. The molecule has 8 heteroatoms. The Labute approximate surface area is 414 Å². The Kier molecular flexibility index (Phi) is 41.6. The molecule has 0 aliphatic carbocycles. The Bertz CT molecular complexity index is 1150. The summed E-state index contributed by atoms with van der Waals surface area (Å²) in [5.41, 5.74) is -4.80. The highest BCUT2D eigenvalue weighted by Crippen LogP contribution is 2.50. The van der Waals surface area contributed by atoms with Gasteiger partial charge < -0.3 is 20.1 Å². The summed E-state index contributed by atoms with van der Waals surface area (Å²) in [5.74, 6) is -5.34. The lowest BCUT2D eigenvalue weighted by Crippen LogP contribution is -2.67. The van der Waals surface area contributed by atoms with Crippen LogP contribution in [0.5, 0.6) is 0 Å². The molecule has 2 atom stereocenters. The molecule has 396 valence electrons. The van der Waals surface area contributed by atoms with Crippen molar-refractivity contribution in [1.82, 2.24) is 0 Å². The molecule has 0 heterocycles. The lowest BCUT2D eigenvalue weighted by molar-refractivity contribution is -0.219. The first-order valence-electron chi connectivity index (χ1n) is 29.0. The third-order valence-corrected chi connectivity index (χ3v) is 14.8. The van der Waals surface area contributed by atoms with Crippen molar-refractivity contribution in [3.63, 3.8) is 0 Å². The zero-order valence-corrected chi connectivity index (χ0v) is 45.4. The average Bonchev–Trinajstić information content (AvgIpc) is 3.25. The maximum atomic E-state index is 13.8. The number of hydrogen-bond acceptors (Lipinski definition) is 5. The molecule has 8 nitrogen and oxygen atoms in total. The molecule has 0 aromatic rings. The molecule has 0 spiro atoms. The van der Waals surface area contributed by atoms with E-state index in [9.17, 15) is 34.5 Å². The van der Waals surface area contributed by atoms with Crippen molar-refractivity contribution >= 4 is 23.7 Å². The standard InChI is InChI=1S/C59H112O8/c1-50(2)44-38-32-26-20-14-8-11-17-23-29-35-41-47-58(56(63)64,48-42-36-30-24-18-12-9-15-21-27-33-39-45-51(3)4)59(57(65)66,54(53(7)60)55(61)62)67-49-43-37-31-25-19-13-10-16-22-28-34-40-46-52(5)6/h50-52,54H,8-49H2,1-7H3,(H,61,62)(H,63,64)(H,65,66). The van der Waals surface area contributed by atoms with Crippen LogP contribution in [0.2, 0.25) is 0 Å². The van der Waals surface area contributed by atoms with E-state index in [1.54, 1.807) is 0 Å². The highest BCUT2D eigenvalue weighted by molar-refractivity contribution is 6.06. The second kappa shape index (κ2) is 42.9. The molecule has 0 amide bonds. The fourth-order valence-electron chi connectivity index (χ4n) is 10.5. The molecular formula is C59H112O8. The summed E-state index contributed by atoms with van der Waals surface area (Å²) in [6.45, 7) is 14.7. The van der Waals surface area contributed by atoms with Gasteiger partial charge in [0.1, 0.15) is 11.2 Å². The number of carboxylic acids is 3. The second-order valence-corrected chi connectivity index (χ2v) is 22.4. The van der Waals surface area contributed by atoms with E-state index in [1.165, 1.54) is 154 Å². The van der Waals surface area contributed by atoms with Gasteiger partial charge in [-0.05, 0) is 43.9 Å². The van der Waals surface area contributed by atoms with Crippen molar-refractivity contribution in [2.24, 2.45) is 29.1 Å². The number of aliphatic carboxylic acids is 3. The Morgan fingerprint density at radius 2 is 0.597 bits per heavy atom. The molecule has 2 unspecified atom stereocenters. The number of carbonyl (C=O) groups is 4. The molecule has 0 aromatic carbocycles. The van der Waals surface area contributed by atoms with Gasteiger partial charge in [-0.3, -0.25) is 14.4 Å². The monoisotopic (exact) mass is 949 g/mol. The van der Waals surface area contributed by atoms with E-state index in [1.807, 2.05) is 0 Å². The number of ether oxygens (including phenoxy) is 1. The minimum absolute atomic E-state index is 0.0437. The van der Waals surface area contributed by atoms with E-state index in [4.69, 9.17) is 4.74 Å². The fourth-order valence-corrected chi connectivity index (χ4v) is 10.5. The second-order valence-electron chi connectivity index (χ2n) is 22.4. The van der Waals surface area contributed by atoms with Crippen LogP contribution < -0.4 is 0 Å². The zero-order valence-electron chi connectivity index (χ0n) is 45.4. The lowest BCUT2D eigenvalue weighted by atomic mass is 9.59. The van der Waals surface area contributed by atoms with Crippen LogP contribution in [0.3, 0.4) is 0 Å². The van der Waals surface area contributed by atoms with E-state index >= 15 is 0 Å². The van der Waals surface area contributed by atoms with Crippen LogP contribution in [0.15, 0.2) is 0 Å². The maximum Gasteiger partial charge on any atom is 0.338 e. The molecule has 0 fully saturated rings. The Morgan fingerprint density at radius 1 is 0.358 bits per heavy atom. The van der Waals surface area contributed by atoms with Gasteiger partial charge in [0.05, 0.1) is 0 Å².